The van der Waals surface area contributed by atoms with E-state index in [2.05, 4.69) is 35.1 Å². The minimum Gasteiger partial charge on any atom is -0.387 e. The monoisotopic (exact) mass is 351 g/mol. The quantitative estimate of drug-likeness (QED) is 0.806. The molecule has 0 aliphatic heterocycles. The number of aliphatic hydroxyl groups excluding tert-OH is 1. The van der Waals surface area contributed by atoms with E-state index < -0.39 is 6.10 Å². The first-order valence-corrected chi connectivity index (χ1v) is 7.73. The Balaban J connectivity index is 2.01. The molecule has 2 N–H and O–H groups in total. The zero-order valence-electron chi connectivity index (χ0n) is 12.1. The summed E-state index contributed by atoms with van der Waals surface area (Å²) in [5.74, 6) is 0.130. The standard InChI is InChI=1S/C17H19BrFNO/c1-11(2)12-3-5-13(6-4-12)17(21)10-20-16-9-14(18)7-8-15(16)19/h3-9,11,17,20-21H,10H2,1-2H3. The molecule has 0 bridgehead atoms. The minimum atomic E-state index is -0.676. The van der Waals surface area contributed by atoms with Crippen LogP contribution >= 0.6 is 15.9 Å². The third-order valence-electron chi connectivity index (χ3n) is 3.40. The van der Waals surface area contributed by atoms with Crippen LogP contribution in [-0.4, -0.2) is 11.7 Å². The molecule has 1 unspecified atom stereocenters. The summed E-state index contributed by atoms with van der Waals surface area (Å²) in [5, 5.41) is 13.1. The van der Waals surface area contributed by atoms with Crippen LogP contribution in [0.25, 0.3) is 0 Å². The maximum absolute atomic E-state index is 13.6. The normalized spacial score (nSPS) is 12.5. The summed E-state index contributed by atoms with van der Waals surface area (Å²) >= 11 is 3.30. The van der Waals surface area contributed by atoms with Crippen molar-refractivity contribution in [1.82, 2.24) is 0 Å². The van der Waals surface area contributed by atoms with E-state index in [1.807, 2.05) is 24.3 Å². The summed E-state index contributed by atoms with van der Waals surface area (Å²) in [4.78, 5) is 0. The van der Waals surface area contributed by atoms with Crippen LogP contribution in [0.2, 0.25) is 0 Å². The van der Waals surface area contributed by atoms with Crippen LogP contribution in [0.1, 0.15) is 37.0 Å². The highest BCUT2D eigenvalue weighted by Crippen LogP contribution is 2.22. The molecular weight excluding hydrogens is 333 g/mol. The molecule has 2 nitrogen and oxygen atoms in total. The maximum Gasteiger partial charge on any atom is 0.146 e. The van der Waals surface area contributed by atoms with Gasteiger partial charge in [-0.15, -0.1) is 0 Å². The molecule has 0 saturated carbocycles. The topological polar surface area (TPSA) is 32.3 Å². The van der Waals surface area contributed by atoms with E-state index in [9.17, 15) is 9.50 Å². The first kappa shape index (κ1) is 16.0. The highest BCUT2D eigenvalue weighted by molar-refractivity contribution is 9.10. The molecule has 4 heteroatoms. The van der Waals surface area contributed by atoms with Crippen molar-refractivity contribution in [2.75, 3.05) is 11.9 Å². The maximum atomic E-state index is 13.6. The van der Waals surface area contributed by atoms with E-state index in [1.54, 1.807) is 12.1 Å². The number of hydrogen-bond donors (Lipinski definition) is 2. The molecule has 0 aliphatic rings. The van der Waals surface area contributed by atoms with Gasteiger partial charge in [0, 0.05) is 11.0 Å². The predicted octanol–water partition coefficient (Wildman–Crippen LogP) is 4.86. The van der Waals surface area contributed by atoms with Crippen molar-refractivity contribution in [3.05, 3.63) is 63.9 Å². The predicted molar refractivity (Wildman–Crippen MR) is 88.1 cm³/mol. The van der Waals surface area contributed by atoms with Gasteiger partial charge < -0.3 is 10.4 Å². The van der Waals surface area contributed by atoms with Crippen molar-refractivity contribution >= 4 is 21.6 Å². The molecule has 0 saturated heterocycles. The summed E-state index contributed by atoms with van der Waals surface area (Å²) < 4.78 is 14.4. The van der Waals surface area contributed by atoms with E-state index in [0.717, 1.165) is 10.0 Å². The molecular formula is C17H19BrFNO. The Kier molecular flexibility index (Phi) is 5.37. The second kappa shape index (κ2) is 7.05. The largest absolute Gasteiger partial charge is 0.387 e. The molecule has 0 amide bonds. The van der Waals surface area contributed by atoms with Gasteiger partial charge in [-0.3, -0.25) is 0 Å². The summed E-state index contributed by atoms with van der Waals surface area (Å²) in [7, 11) is 0. The van der Waals surface area contributed by atoms with Gasteiger partial charge in [-0.05, 0) is 35.2 Å². The third-order valence-corrected chi connectivity index (χ3v) is 3.90. The Morgan fingerprint density at radius 1 is 1.10 bits per heavy atom. The number of benzene rings is 2. The average Bonchev–Trinajstić information content (AvgIpc) is 2.48. The number of aliphatic hydroxyl groups is 1. The second-order valence-electron chi connectivity index (χ2n) is 5.34. The van der Waals surface area contributed by atoms with E-state index in [4.69, 9.17) is 0 Å². The molecule has 0 aliphatic carbocycles. The van der Waals surface area contributed by atoms with Crippen molar-refractivity contribution in [1.29, 1.82) is 0 Å². The number of hydrogen-bond acceptors (Lipinski definition) is 2. The van der Waals surface area contributed by atoms with E-state index in [-0.39, 0.29) is 12.4 Å². The fraction of sp³-hybridized carbons (Fsp3) is 0.294. The smallest absolute Gasteiger partial charge is 0.146 e. The number of rotatable bonds is 5. The fourth-order valence-corrected chi connectivity index (χ4v) is 2.42. The molecule has 0 aromatic heterocycles. The van der Waals surface area contributed by atoms with Crippen LogP contribution in [0.3, 0.4) is 0 Å². The van der Waals surface area contributed by atoms with Crippen LogP contribution in [0.15, 0.2) is 46.9 Å². The Hall–Kier alpha value is -1.39. The lowest BCUT2D eigenvalue weighted by atomic mass is 10.00. The zero-order chi connectivity index (χ0) is 15.4. The molecule has 2 aromatic rings. The van der Waals surface area contributed by atoms with Crippen LogP contribution in [0.4, 0.5) is 10.1 Å². The van der Waals surface area contributed by atoms with Crippen molar-refractivity contribution in [2.24, 2.45) is 0 Å². The van der Waals surface area contributed by atoms with Gasteiger partial charge >= 0.3 is 0 Å². The summed E-state index contributed by atoms with van der Waals surface area (Å²) in [5.41, 5.74) is 2.43. The summed E-state index contributed by atoms with van der Waals surface area (Å²) in [6, 6.07) is 12.5. The Labute approximate surface area is 133 Å². The van der Waals surface area contributed by atoms with Gasteiger partial charge in [0.05, 0.1) is 11.8 Å². The fourth-order valence-electron chi connectivity index (χ4n) is 2.06. The first-order chi connectivity index (χ1) is 9.97. The minimum absolute atomic E-state index is 0.258. The molecule has 21 heavy (non-hydrogen) atoms. The second-order valence-corrected chi connectivity index (χ2v) is 6.26. The lowest BCUT2D eigenvalue weighted by Crippen LogP contribution is -2.13. The Morgan fingerprint density at radius 2 is 1.71 bits per heavy atom. The van der Waals surface area contributed by atoms with Crippen molar-refractivity contribution in [3.63, 3.8) is 0 Å². The third kappa shape index (κ3) is 4.29. The summed E-state index contributed by atoms with van der Waals surface area (Å²) in [6.45, 7) is 4.51. The van der Waals surface area contributed by atoms with Crippen LogP contribution in [0.5, 0.6) is 0 Å². The molecule has 2 rings (SSSR count). The first-order valence-electron chi connectivity index (χ1n) is 6.94. The summed E-state index contributed by atoms with van der Waals surface area (Å²) in [6.07, 6.45) is -0.676. The van der Waals surface area contributed by atoms with Gasteiger partial charge in [0.15, 0.2) is 0 Å². The van der Waals surface area contributed by atoms with E-state index >= 15 is 0 Å². The molecule has 1 atom stereocenters. The molecule has 0 heterocycles. The van der Waals surface area contributed by atoms with Gasteiger partial charge in [0.1, 0.15) is 5.82 Å². The highest BCUT2D eigenvalue weighted by Gasteiger charge is 2.10. The Bertz CT molecular complexity index is 598. The average molecular weight is 352 g/mol. The lowest BCUT2D eigenvalue weighted by molar-refractivity contribution is 0.191. The number of nitrogens with one attached hydrogen (secondary N) is 1. The van der Waals surface area contributed by atoms with Crippen LogP contribution < -0.4 is 5.32 Å². The molecule has 2 aromatic carbocycles. The van der Waals surface area contributed by atoms with E-state index in [1.165, 1.54) is 11.6 Å². The zero-order valence-corrected chi connectivity index (χ0v) is 13.7. The van der Waals surface area contributed by atoms with Crippen LogP contribution in [0, 0.1) is 5.82 Å². The number of anilines is 1. The number of halogens is 2. The lowest BCUT2D eigenvalue weighted by Gasteiger charge is -2.15. The van der Waals surface area contributed by atoms with Gasteiger partial charge in [-0.25, -0.2) is 4.39 Å². The van der Waals surface area contributed by atoms with Gasteiger partial charge in [0.25, 0.3) is 0 Å². The molecule has 0 radical (unpaired) electrons. The van der Waals surface area contributed by atoms with Crippen LogP contribution in [-0.2, 0) is 0 Å². The Morgan fingerprint density at radius 3 is 2.33 bits per heavy atom. The van der Waals surface area contributed by atoms with Crippen molar-refractivity contribution < 1.29 is 9.50 Å². The van der Waals surface area contributed by atoms with Gasteiger partial charge in [-0.1, -0.05) is 54.0 Å². The van der Waals surface area contributed by atoms with E-state index in [0.29, 0.717) is 11.6 Å². The molecule has 0 fully saturated rings. The van der Waals surface area contributed by atoms with Gasteiger partial charge in [0.2, 0.25) is 0 Å². The molecule has 0 spiro atoms. The van der Waals surface area contributed by atoms with Gasteiger partial charge in [-0.2, -0.15) is 0 Å². The van der Waals surface area contributed by atoms with Crippen molar-refractivity contribution in [2.45, 2.75) is 25.9 Å². The SMILES string of the molecule is CC(C)c1ccc(C(O)CNc2cc(Br)ccc2F)cc1. The molecule has 112 valence electrons. The van der Waals surface area contributed by atoms with Crippen molar-refractivity contribution in [3.8, 4) is 0 Å². The highest BCUT2D eigenvalue weighted by atomic mass is 79.9.